The number of aromatic nitrogens is 1. The van der Waals surface area contributed by atoms with E-state index in [-0.39, 0.29) is 17.9 Å². The van der Waals surface area contributed by atoms with Crippen molar-refractivity contribution in [2.45, 2.75) is 31.7 Å². The van der Waals surface area contributed by atoms with Crippen molar-refractivity contribution in [2.24, 2.45) is 0 Å². The van der Waals surface area contributed by atoms with E-state index in [4.69, 9.17) is 9.47 Å². The molecule has 2 atom stereocenters. The third-order valence-corrected chi connectivity index (χ3v) is 7.07. The Balaban J connectivity index is 1.67. The van der Waals surface area contributed by atoms with Crippen LogP contribution in [0.5, 0.6) is 11.5 Å². The van der Waals surface area contributed by atoms with Crippen molar-refractivity contribution in [3.8, 4) is 11.5 Å². The molecule has 32 heavy (non-hydrogen) atoms. The summed E-state index contributed by atoms with van der Waals surface area (Å²) in [7, 11) is 3.12. The first kappa shape index (κ1) is 22.1. The van der Waals surface area contributed by atoms with Crippen molar-refractivity contribution in [1.82, 2.24) is 9.88 Å². The highest BCUT2D eigenvalue weighted by atomic mass is 32.1. The number of likely N-dealkylation sites (tertiary alicyclic amines) is 1. The fourth-order valence-electron chi connectivity index (χ4n) is 4.33. The van der Waals surface area contributed by atoms with Crippen LogP contribution in [-0.2, 0) is 5.41 Å². The van der Waals surface area contributed by atoms with Gasteiger partial charge >= 0.3 is 6.03 Å². The highest BCUT2D eigenvalue weighted by Gasteiger charge is 2.48. The third kappa shape index (κ3) is 3.90. The topological polar surface area (TPSA) is 63.7 Å². The lowest BCUT2D eigenvalue weighted by atomic mass is 9.78. The second-order valence-corrected chi connectivity index (χ2v) is 8.96. The SMILES string of the molecule is COc1ccc(OC)c(NC(=O)N2C[C@@](c3ccc(C)c(F)c3)(c3nccs3)CC2C)c1. The molecule has 2 aromatic carbocycles. The summed E-state index contributed by atoms with van der Waals surface area (Å²) in [5.41, 5.74) is 1.38. The van der Waals surface area contributed by atoms with Gasteiger partial charge in [-0.15, -0.1) is 11.3 Å². The minimum atomic E-state index is -0.572. The van der Waals surface area contributed by atoms with E-state index in [1.807, 2.05) is 18.4 Å². The molecule has 0 radical (unpaired) electrons. The van der Waals surface area contributed by atoms with Crippen molar-refractivity contribution < 1.29 is 18.7 Å². The summed E-state index contributed by atoms with van der Waals surface area (Å²) in [6.45, 7) is 4.14. The normalized spacial score (nSPS) is 20.3. The number of nitrogens with one attached hydrogen (secondary N) is 1. The fourth-order valence-corrected chi connectivity index (χ4v) is 5.20. The Kier molecular flexibility index (Phi) is 6.06. The summed E-state index contributed by atoms with van der Waals surface area (Å²) in [5, 5.41) is 5.74. The van der Waals surface area contributed by atoms with E-state index in [1.54, 1.807) is 62.6 Å². The molecule has 168 valence electrons. The molecule has 0 spiro atoms. The second kappa shape index (κ2) is 8.78. The number of anilines is 1. The molecule has 3 aromatic rings. The van der Waals surface area contributed by atoms with E-state index in [1.165, 1.54) is 11.3 Å². The van der Waals surface area contributed by atoms with Crippen LogP contribution < -0.4 is 14.8 Å². The molecule has 8 heteroatoms. The largest absolute Gasteiger partial charge is 0.497 e. The van der Waals surface area contributed by atoms with E-state index in [9.17, 15) is 9.18 Å². The van der Waals surface area contributed by atoms with Gasteiger partial charge in [-0.05, 0) is 49.6 Å². The monoisotopic (exact) mass is 455 g/mol. The Labute approximate surface area is 191 Å². The summed E-state index contributed by atoms with van der Waals surface area (Å²) in [5.74, 6) is 0.899. The summed E-state index contributed by atoms with van der Waals surface area (Å²) in [4.78, 5) is 19.7. The molecule has 1 N–H and O–H groups in total. The minimum absolute atomic E-state index is 0.0835. The molecule has 1 saturated heterocycles. The van der Waals surface area contributed by atoms with Gasteiger partial charge in [-0.2, -0.15) is 0 Å². The molecule has 4 rings (SSSR count). The van der Waals surface area contributed by atoms with Gasteiger partial charge in [0, 0.05) is 30.2 Å². The second-order valence-electron chi connectivity index (χ2n) is 8.06. The van der Waals surface area contributed by atoms with E-state index in [0.717, 1.165) is 10.6 Å². The quantitative estimate of drug-likeness (QED) is 0.573. The molecular weight excluding hydrogens is 429 g/mol. The zero-order chi connectivity index (χ0) is 22.9. The Bertz CT molecular complexity index is 1120. The van der Waals surface area contributed by atoms with Gasteiger partial charge in [0.05, 0.1) is 25.3 Å². The van der Waals surface area contributed by atoms with Crippen molar-refractivity contribution >= 4 is 23.1 Å². The zero-order valence-corrected chi connectivity index (χ0v) is 19.3. The maximum Gasteiger partial charge on any atom is 0.322 e. The standard InChI is InChI=1S/C24H26FN3O3S/c1-15-5-6-17(11-19(15)25)24(22-26-9-10-32-22)13-16(2)28(14-24)23(29)27-20-12-18(30-3)7-8-21(20)31-4/h5-12,16H,13-14H2,1-4H3,(H,27,29)/t16?,24-/m0/s1. The van der Waals surface area contributed by atoms with Crippen LogP contribution in [0.1, 0.15) is 29.5 Å². The van der Waals surface area contributed by atoms with E-state index >= 15 is 0 Å². The first-order valence-electron chi connectivity index (χ1n) is 10.3. The predicted octanol–water partition coefficient (Wildman–Crippen LogP) is 5.22. The smallest absolute Gasteiger partial charge is 0.322 e. The molecule has 6 nitrogen and oxygen atoms in total. The number of hydrogen-bond acceptors (Lipinski definition) is 5. The molecular formula is C24H26FN3O3S. The third-order valence-electron chi connectivity index (χ3n) is 6.09. The molecule has 0 aliphatic carbocycles. The number of thiazole rings is 1. The number of halogens is 1. The van der Waals surface area contributed by atoms with Crippen molar-refractivity contribution in [3.63, 3.8) is 0 Å². The van der Waals surface area contributed by atoms with Crippen LogP contribution in [0.3, 0.4) is 0 Å². The number of benzene rings is 2. The number of hydrogen-bond donors (Lipinski definition) is 1. The van der Waals surface area contributed by atoms with Crippen LogP contribution in [0.15, 0.2) is 48.0 Å². The summed E-state index contributed by atoms with van der Waals surface area (Å²) in [6.07, 6.45) is 2.40. The van der Waals surface area contributed by atoms with Crippen LogP contribution in [0, 0.1) is 12.7 Å². The summed E-state index contributed by atoms with van der Waals surface area (Å²) >= 11 is 1.53. The molecule has 0 bridgehead atoms. The van der Waals surface area contributed by atoms with Crippen LogP contribution in [0.4, 0.5) is 14.9 Å². The van der Waals surface area contributed by atoms with E-state index < -0.39 is 5.41 Å². The van der Waals surface area contributed by atoms with Gasteiger partial charge < -0.3 is 19.7 Å². The average molecular weight is 456 g/mol. The van der Waals surface area contributed by atoms with Crippen LogP contribution in [0.2, 0.25) is 0 Å². The zero-order valence-electron chi connectivity index (χ0n) is 18.5. The highest BCUT2D eigenvalue weighted by molar-refractivity contribution is 7.09. The van der Waals surface area contributed by atoms with Crippen LogP contribution in [0.25, 0.3) is 0 Å². The van der Waals surface area contributed by atoms with Gasteiger partial charge in [-0.3, -0.25) is 0 Å². The van der Waals surface area contributed by atoms with Crippen LogP contribution >= 0.6 is 11.3 Å². The number of nitrogens with zero attached hydrogens (tertiary/aromatic N) is 2. The minimum Gasteiger partial charge on any atom is -0.497 e. The molecule has 1 aromatic heterocycles. The first-order chi connectivity index (χ1) is 15.4. The Morgan fingerprint density at radius 2 is 2.06 bits per heavy atom. The molecule has 1 aliphatic rings. The number of carbonyl (C=O) groups is 1. The van der Waals surface area contributed by atoms with E-state index in [2.05, 4.69) is 10.3 Å². The van der Waals surface area contributed by atoms with Crippen molar-refractivity contribution in [2.75, 3.05) is 26.1 Å². The molecule has 0 saturated carbocycles. The number of urea groups is 1. The van der Waals surface area contributed by atoms with Crippen molar-refractivity contribution in [3.05, 3.63) is 69.9 Å². The Morgan fingerprint density at radius 1 is 1.25 bits per heavy atom. The predicted molar refractivity (Wildman–Crippen MR) is 123 cm³/mol. The van der Waals surface area contributed by atoms with E-state index in [0.29, 0.717) is 35.7 Å². The summed E-state index contributed by atoms with van der Waals surface area (Å²) < 4.78 is 25.2. The lowest BCUT2D eigenvalue weighted by molar-refractivity contribution is 0.208. The number of methoxy groups -OCH3 is 2. The fraction of sp³-hybridized carbons (Fsp3) is 0.333. The number of ether oxygens (including phenoxy) is 2. The number of aryl methyl sites for hydroxylation is 1. The Hall–Kier alpha value is -3.13. The number of carbonyl (C=O) groups excluding carboxylic acids is 1. The molecule has 1 unspecified atom stereocenters. The lowest BCUT2D eigenvalue weighted by Gasteiger charge is -2.28. The van der Waals surface area contributed by atoms with Gasteiger partial charge in [0.25, 0.3) is 0 Å². The van der Waals surface area contributed by atoms with Gasteiger partial charge in [-0.1, -0.05) is 12.1 Å². The van der Waals surface area contributed by atoms with Gasteiger partial charge in [0.1, 0.15) is 22.3 Å². The van der Waals surface area contributed by atoms with Gasteiger partial charge in [0.15, 0.2) is 0 Å². The maximum absolute atomic E-state index is 14.5. The molecule has 2 heterocycles. The average Bonchev–Trinajstić information content (AvgIpc) is 3.44. The molecule has 1 fully saturated rings. The lowest BCUT2D eigenvalue weighted by Crippen LogP contribution is -2.39. The molecule has 1 aliphatic heterocycles. The van der Waals surface area contributed by atoms with Crippen LogP contribution in [-0.4, -0.2) is 42.7 Å². The molecule has 2 amide bonds. The van der Waals surface area contributed by atoms with Crippen molar-refractivity contribution in [1.29, 1.82) is 0 Å². The maximum atomic E-state index is 14.5. The first-order valence-corrected chi connectivity index (χ1v) is 11.2. The van der Waals surface area contributed by atoms with Gasteiger partial charge in [0.2, 0.25) is 0 Å². The Morgan fingerprint density at radius 3 is 2.72 bits per heavy atom. The summed E-state index contributed by atoms with van der Waals surface area (Å²) in [6, 6.07) is 10.2. The number of amides is 2. The van der Waals surface area contributed by atoms with Gasteiger partial charge in [-0.25, -0.2) is 14.2 Å². The number of rotatable bonds is 5. The highest BCUT2D eigenvalue weighted by Crippen LogP contribution is 2.45.